The van der Waals surface area contributed by atoms with E-state index in [0.29, 0.717) is 18.3 Å². The minimum absolute atomic E-state index is 0.110. The first-order valence-electron chi connectivity index (χ1n) is 6.80. The molecule has 1 atom stereocenters. The van der Waals surface area contributed by atoms with Crippen LogP contribution in [0.15, 0.2) is 21.1 Å². The molecule has 0 saturated carbocycles. The number of rotatable bonds is 3. The summed E-state index contributed by atoms with van der Waals surface area (Å²) in [6.07, 6.45) is 0.110. The summed E-state index contributed by atoms with van der Waals surface area (Å²) in [7, 11) is 0. The van der Waals surface area contributed by atoms with Gasteiger partial charge in [0.1, 0.15) is 11.9 Å². The van der Waals surface area contributed by atoms with Gasteiger partial charge in [-0.3, -0.25) is 0 Å². The number of fused-ring (bicyclic) bond motifs is 1. The minimum Gasteiger partial charge on any atom is -0.487 e. The number of hydrogen-bond acceptors (Lipinski definition) is 6. The number of nitrogens with zero attached hydrogens (tertiary/aromatic N) is 3. The summed E-state index contributed by atoms with van der Waals surface area (Å²) in [5, 5.41) is 3.96. The molecule has 0 fully saturated rings. The number of nitrogens with two attached hydrogens (primary N) is 1. The molecule has 2 N–H and O–H groups in total. The molecular weight excluding hydrogens is 336 g/mol. The average molecular weight is 353 g/mol. The lowest BCUT2D eigenvalue weighted by molar-refractivity contribution is 0.211. The third kappa shape index (κ3) is 2.89. The zero-order chi connectivity index (χ0) is 15.0. The van der Waals surface area contributed by atoms with Crippen LogP contribution in [-0.4, -0.2) is 22.8 Å². The third-order valence-corrected chi connectivity index (χ3v) is 4.26. The molecule has 0 aliphatic carbocycles. The monoisotopic (exact) mass is 352 g/mol. The van der Waals surface area contributed by atoms with Gasteiger partial charge in [0.25, 0.3) is 0 Å². The van der Waals surface area contributed by atoms with E-state index in [2.05, 4.69) is 44.0 Å². The number of ether oxygens (including phenoxy) is 1. The Kier molecular flexibility index (Phi) is 3.86. The Bertz CT molecular complexity index is 658. The van der Waals surface area contributed by atoms with E-state index >= 15 is 0 Å². The van der Waals surface area contributed by atoms with Gasteiger partial charge in [-0.1, -0.05) is 21.1 Å². The summed E-state index contributed by atoms with van der Waals surface area (Å²) in [5.74, 6) is 1.97. The topological polar surface area (TPSA) is 77.4 Å². The molecule has 21 heavy (non-hydrogen) atoms. The third-order valence-electron chi connectivity index (χ3n) is 3.40. The van der Waals surface area contributed by atoms with Crippen LogP contribution in [0.2, 0.25) is 0 Å². The summed E-state index contributed by atoms with van der Waals surface area (Å²) in [6.45, 7) is 5.70. The minimum atomic E-state index is 0.110. The maximum atomic E-state index is 5.92. The predicted octanol–water partition coefficient (Wildman–Crippen LogP) is 2.39. The van der Waals surface area contributed by atoms with Gasteiger partial charge in [-0.25, -0.2) is 0 Å². The van der Waals surface area contributed by atoms with Crippen molar-refractivity contribution >= 4 is 21.6 Å². The number of hydrogen-bond donors (Lipinski definition) is 1. The molecule has 2 heterocycles. The average Bonchev–Trinajstić information content (AvgIpc) is 2.88. The van der Waals surface area contributed by atoms with Gasteiger partial charge in [-0.05, 0) is 31.5 Å². The van der Waals surface area contributed by atoms with Crippen LogP contribution in [0.4, 0.5) is 5.69 Å². The molecule has 1 unspecified atom stereocenters. The molecule has 3 rings (SSSR count). The van der Waals surface area contributed by atoms with Crippen LogP contribution in [0.5, 0.6) is 5.75 Å². The fourth-order valence-electron chi connectivity index (χ4n) is 2.41. The molecule has 6 nitrogen and oxygen atoms in total. The molecule has 112 valence electrons. The summed E-state index contributed by atoms with van der Waals surface area (Å²) >= 11 is 3.57. The predicted molar refractivity (Wildman–Crippen MR) is 82.2 cm³/mol. The van der Waals surface area contributed by atoms with Crippen LogP contribution in [0.25, 0.3) is 0 Å². The lowest BCUT2D eigenvalue weighted by atomic mass is 10.1. The van der Waals surface area contributed by atoms with Gasteiger partial charge in [-0.15, -0.1) is 0 Å². The highest BCUT2D eigenvalue weighted by Gasteiger charge is 2.25. The highest BCUT2D eigenvalue weighted by Crippen LogP contribution is 2.38. The van der Waals surface area contributed by atoms with Gasteiger partial charge in [0, 0.05) is 4.47 Å². The zero-order valence-corrected chi connectivity index (χ0v) is 13.6. The van der Waals surface area contributed by atoms with Crippen molar-refractivity contribution in [2.75, 3.05) is 11.4 Å². The second-order valence-electron chi connectivity index (χ2n) is 5.19. The van der Waals surface area contributed by atoms with Crippen molar-refractivity contribution < 1.29 is 9.26 Å². The molecule has 7 heteroatoms. The number of anilines is 1. The molecule has 1 aliphatic rings. The van der Waals surface area contributed by atoms with Gasteiger partial charge in [0.05, 0.1) is 25.3 Å². The van der Waals surface area contributed by atoms with Crippen LogP contribution < -0.4 is 15.4 Å². The van der Waals surface area contributed by atoms with Crippen LogP contribution in [0, 0.1) is 6.92 Å². The smallest absolute Gasteiger partial charge is 0.240 e. The van der Waals surface area contributed by atoms with Crippen molar-refractivity contribution in [3.05, 3.63) is 33.9 Å². The van der Waals surface area contributed by atoms with Crippen molar-refractivity contribution in [3.8, 4) is 5.75 Å². The number of aryl methyl sites for hydroxylation is 1. The van der Waals surface area contributed by atoms with Gasteiger partial charge in [0.15, 0.2) is 5.82 Å². The zero-order valence-electron chi connectivity index (χ0n) is 12.0. The standard InChI is InChI=1S/C14H17BrN4O2/c1-8-3-12-11(4-10(8)15)19(6-9(2)20-12)7-13-17-14(5-16)21-18-13/h3-4,9H,5-7,16H2,1-2H3. The first-order valence-corrected chi connectivity index (χ1v) is 7.59. The lowest BCUT2D eigenvalue weighted by Crippen LogP contribution is -2.38. The molecule has 1 aromatic carbocycles. The fraction of sp³-hybridized carbons (Fsp3) is 0.429. The highest BCUT2D eigenvalue weighted by molar-refractivity contribution is 9.10. The normalized spacial score (nSPS) is 17.5. The molecule has 0 spiro atoms. The van der Waals surface area contributed by atoms with E-state index in [0.717, 1.165) is 28.0 Å². The summed E-state index contributed by atoms with van der Waals surface area (Å²) in [5.41, 5.74) is 7.67. The van der Waals surface area contributed by atoms with E-state index in [1.165, 1.54) is 0 Å². The molecule has 0 amide bonds. The van der Waals surface area contributed by atoms with E-state index < -0.39 is 0 Å². The van der Waals surface area contributed by atoms with E-state index in [4.69, 9.17) is 15.0 Å². The summed E-state index contributed by atoms with van der Waals surface area (Å²) < 4.78 is 12.0. The van der Waals surface area contributed by atoms with Crippen LogP contribution in [0.1, 0.15) is 24.2 Å². The van der Waals surface area contributed by atoms with Crippen molar-refractivity contribution in [2.45, 2.75) is 33.0 Å². The lowest BCUT2D eigenvalue weighted by Gasteiger charge is -2.34. The molecule has 0 radical (unpaired) electrons. The van der Waals surface area contributed by atoms with Gasteiger partial charge in [-0.2, -0.15) is 4.98 Å². The fourth-order valence-corrected chi connectivity index (χ4v) is 2.74. The Morgan fingerprint density at radius 3 is 3.00 bits per heavy atom. The van der Waals surface area contributed by atoms with E-state index in [1.54, 1.807) is 0 Å². The Hall–Kier alpha value is -1.60. The van der Waals surface area contributed by atoms with Crippen molar-refractivity contribution in [3.63, 3.8) is 0 Å². The van der Waals surface area contributed by atoms with Crippen molar-refractivity contribution in [1.82, 2.24) is 10.1 Å². The number of aromatic nitrogens is 2. The molecule has 1 aromatic heterocycles. The van der Waals surface area contributed by atoms with E-state index in [9.17, 15) is 0 Å². The first kappa shape index (κ1) is 14.3. The van der Waals surface area contributed by atoms with Crippen LogP contribution in [-0.2, 0) is 13.1 Å². The SMILES string of the molecule is Cc1cc2c(cc1Br)N(Cc1noc(CN)n1)CC(C)O2. The molecule has 0 saturated heterocycles. The van der Waals surface area contributed by atoms with E-state index in [1.807, 2.05) is 13.0 Å². The van der Waals surface area contributed by atoms with Crippen molar-refractivity contribution in [2.24, 2.45) is 5.73 Å². The number of halogens is 1. The van der Waals surface area contributed by atoms with Gasteiger partial charge < -0.3 is 19.9 Å². The first-order chi connectivity index (χ1) is 10.1. The van der Waals surface area contributed by atoms with Gasteiger partial charge in [0.2, 0.25) is 5.89 Å². The second-order valence-corrected chi connectivity index (χ2v) is 6.04. The van der Waals surface area contributed by atoms with E-state index in [-0.39, 0.29) is 12.6 Å². The Balaban J connectivity index is 1.91. The Labute approximate surface area is 131 Å². The van der Waals surface area contributed by atoms with Crippen LogP contribution in [0.3, 0.4) is 0 Å². The largest absolute Gasteiger partial charge is 0.487 e. The maximum absolute atomic E-state index is 5.92. The van der Waals surface area contributed by atoms with Crippen molar-refractivity contribution in [1.29, 1.82) is 0 Å². The molecule has 2 aromatic rings. The quantitative estimate of drug-likeness (QED) is 0.913. The Morgan fingerprint density at radius 2 is 2.29 bits per heavy atom. The Morgan fingerprint density at radius 1 is 1.48 bits per heavy atom. The van der Waals surface area contributed by atoms with Gasteiger partial charge >= 0.3 is 0 Å². The number of benzene rings is 1. The molecule has 0 bridgehead atoms. The van der Waals surface area contributed by atoms with Crippen LogP contribution >= 0.6 is 15.9 Å². The second kappa shape index (κ2) is 5.65. The highest BCUT2D eigenvalue weighted by atomic mass is 79.9. The summed E-state index contributed by atoms with van der Waals surface area (Å²) in [6, 6.07) is 4.12. The maximum Gasteiger partial charge on any atom is 0.240 e. The molecular formula is C14H17BrN4O2. The molecule has 1 aliphatic heterocycles. The summed E-state index contributed by atoms with van der Waals surface area (Å²) in [4.78, 5) is 6.46.